The summed E-state index contributed by atoms with van der Waals surface area (Å²) in [5.41, 5.74) is 4.54. The Morgan fingerprint density at radius 2 is 1.91 bits per heavy atom. The largest absolute Gasteiger partial charge is 0.378 e. The van der Waals surface area contributed by atoms with Gasteiger partial charge in [-0.2, -0.15) is 0 Å². The summed E-state index contributed by atoms with van der Waals surface area (Å²) in [5.74, 6) is 1.06. The highest BCUT2D eigenvalue weighted by Crippen LogP contribution is 2.36. The number of hydrogen-bond donors (Lipinski definition) is 2. The zero-order chi connectivity index (χ0) is 16.2. The molecule has 2 N–H and O–H groups in total. The highest BCUT2D eigenvalue weighted by Gasteiger charge is 2.36. The zero-order valence-electron chi connectivity index (χ0n) is 13.2. The van der Waals surface area contributed by atoms with Crippen LogP contribution in [0.25, 0.3) is 17.1 Å². The van der Waals surface area contributed by atoms with Gasteiger partial charge in [0.05, 0.1) is 5.70 Å². The van der Waals surface area contributed by atoms with Gasteiger partial charge in [-0.1, -0.05) is 11.6 Å². The Bertz CT molecular complexity index is 830. The summed E-state index contributed by atoms with van der Waals surface area (Å²) >= 11 is 5.95. The summed E-state index contributed by atoms with van der Waals surface area (Å²) in [6.45, 7) is 4.10. The molecule has 2 aliphatic rings. The fraction of sp³-hybridized carbons (Fsp3) is 0.333. The molecule has 2 aromatic rings. The summed E-state index contributed by atoms with van der Waals surface area (Å²) in [5, 5.41) is 4.22. The zero-order valence-corrected chi connectivity index (χ0v) is 13.9. The molecule has 23 heavy (non-hydrogen) atoms. The maximum Gasteiger partial charge on any atom is 0.163 e. The fourth-order valence-electron chi connectivity index (χ4n) is 3.36. The van der Waals surface area contributed by atoms with Gasteiger partial charge in [0, 0.05) is 33.8 Å². The number of benzene rings is 1. The van der Waals surface area contributed by atoms with Crippen molar-refractivity contribution in [2.24, 2.45) is 0 Å². The number of halogens is 1. The van der Waals surface area contributed by atoms with Gasteiger partial charge in [-0.15, -0.1) is 0 Å². The van der Waals surface area contributed by atoms with Gasteiger partial charge in [0.15, 0.2) is 5.78 Å². The number of carbonyl (C=O) groups excluding carboxylic acids is 1. The number of aromatic nitrogens is 2. The second-order valence-electron chi connectivity index (χ2n) is 6.88. The van der Waals surface area contributed by atoms with Crippen LogP contribution in [-0.2, 0) is 11.2 Å². The first kappa shape index (κ1) is 14.5. The first-order valence-corrected chi connectivity index (χ1v) is 8.20. The lowest BCUT2D eigenvalue weighted by Crippen LogP contribution is -2.45. The number of Topliss-reactive ketones (excluding diaryl/α,β-unsaturated/α-hetero) is 1. The predicted molar refractivity (Wildman–Crippen MR) is 91.1 cm³/mol. The summed E-state index contributed by atoms with van der Waals surface area (Å²) in [6, 6.07) is 7.61. The molecule has 0 unspecified atom stereocenters. The molecule has 0 saturated carbocycles. The number of hydrogen-bond acceptors (Lipinski definition) is 3. The van der Waals surface area contributed by atoms with Gasteiger partial charge in [-0.25, -0.2) is 4.98 Å². The molecule has 0 fully saturated rings. The first-order chi connectivity index (χ1) is 10.9. The van der Waals surface area contributed by atoms with Gasteiger partial charge < -0.3 is 10.3 Å². The van der Waals surface area contributed by atoms with E-state index in [9.17, 15) is 4.79 Å². The molecule has 0 radical (unpaired) electrons. The quantitative estimate of drug-likeness (QED) is 0.839. The van der Waals surface area contributed by atoms with E-state index in [2.05, 4.69) is 24.1 Å². The number of imidazole rings is 1. The van der Waals surface area contributed by atoms with E-state index in [0.717, 1.165) is 46.9 Å². The van der Waals surface area contributed by atoms with E-state index < -0.39 is 0 Å². The Hall–Kier alpha value is -2.07. The Morgan fingerprint density at radius 1 is 1.17 bits per heavy atom. The van der Waals surface area contributed by atoms with Crippen LogP contribution in [-0.4, -0.2) is 21.3 Å². The van der Waals surface area contributed by atoms with Crippen molar-refractivity contribution in [1.29, 1.82) is 0 Å². The highest BCUT2D eigenvalue weighted by atomic mass is 35.5. The van der Waals surface area contributed by atoms with E-state index in [1.54, 1.807) is 0 Å². The van der Waals surface area contributed by atoms with E-state index in [1.807, 2.05) is 24.3 Å². The Labute approximate surface area is 140 Å². The summed E-state index contributed by atoms with van der Waals surface area (Å²) in [6.07, 6.45) is 2.13. The lowest BCUT2D eigenvalue weighted by molar-refractivity contribution is -0.117. The summed E-state index contributed by atoms with van der Waals surface area (Å²) in [4.78, 5) is 20.6. The molecule has 0 atom stereocenters. The molecular weight excluding hydrogens is 310 g/mol. The Morgan fingerprint density at radius 3 is 2.65 bits per heavy atom. The average molecular weight is 328 g/mol. The van der Waals surface area contributed by atoms with Crippen LogP contribution in [0.3, 0.4) is 0 Å². The lowest BCUT2D eigenvalue weighted by Gasteiger charge is -2.36. The highest BCUT2D eigenvalue weighted by molar-refractivity contribution is 6.30. The molecule has 4 nitrogen and oxygen atoms in total. The molecule has 118 valence electrons. The molecule has 0 amide bonds. The Balaban J connectivity index is 1.80. The van der Waals surface area contributed by atoms with Crippen LogP contribution in [0, 0.1) is 0 Å². The van der Waals surface area contributed by atoms with Gasteiger partial charge in [0.2, 0.25) is 0 Å². The minimum atomic E-state index is -0.232. The van der Waals surface area contributed by atoms with Gasteiger partial charge >= 0.3 is 0 Å². The van der Waals surface area contributed by atoms with E-state index in [0.29, 0.717) is 11.4 Å². The van der Waals surface area contributed by atoms with Crippen LogP contribution in [0.2, 0.25) is 5.02 Å². The van der Waals surface area contributed by atoms with Crippen molar-refractivity contribution >= 4 is 23.1 Å². The van der Waals surface area contributed by atoms with Crippen LogP contribution < -0.4 is 5.32 Å². The van der Waals surface area contributed by atoms with Gasteiger partial charge in [0.25, 0.3) is 0 Å². The number of carbonyl (C=O) groups is 1. The van der Waals surface area contributed by atoms with E-state index >= 15 is 0 Å². The normalized spacial score (nSPS) is 19.2. The second kappa shape index (κ2) is 4.96. The number of H-pyrrole nitrogens is 1. The number of fused-ring (bicyclic) bond motifs is 2. The van der Waals surface area contributed by atoms with Crippen molar-refractivity contribution in [2.75, 3.05) is 0 Å². The maximum atomic E-state index is 12.4. The average Bonchev–Trinajstić information content (AvgIpc) is 2.91. The maximum absolute atomic E-state index is 12.4. The number of aryl methyl sites for hydroxylation is 1. The molecule has 1 aliphatic carbocycles. The van der Waals surface area contributed by atoms with Gasteiger partial charge in [0.1, 0.15) is 11.5 Å². The number of nitrogens with one attached hydrogen (secondary N) is 2. The predicted octanol–water partition coefficient (Wildman–Crippen LogP) is 3.73. The molecule has 1 aromatic carbocycles. The summed E-state index contributed by atoms with van der Waals surface area (Å²) < 4.78 is 0. The third-order valence-corrected chi connectivity index (χ3v) is 4.71. The van der Waals surface area contributed by atoms with Crippen molar-refractivity contribution in [3.63, 3.8) is 0 Å². The van der Waals surface area contributed by atoms with Crippen molar-refractivity contribution in [3.05, 3.63) is 46.2 Å². The molecule has 5 heteroatoms. The third kappa shape index (κ3) is 2.47. The van der Waals surface area contributed by atoms with Crippen molar-refractivity contribution in [3.8, 4) is 11.4 Å². The van der Waals surface area contributed by atoms with E-state index in [1.165, 1.54) is 0 Å². The molecule has 0 spiro atoms. The van der Waals surface area contributed by atoms with Crippen LogP contribution in [0.15, 0.2) is 29.8 Å². The summed E-state index contributed by atoms with van der Waals surface area (Å²) in [7, 11) is 0. The Kier molecular flexibility index (Phi) is 3.13. The smallest absolute Gasteiger partial charge is 0.163 e. The van der Waals surface area contributed by atoms with E-state index in [4.69, 9.17) is 16.6 Å². The lowest BCUT2D eigenvalue weighted by atomic mass is 9.83. The minimum Gasteiger partial charge on any atom is -0.378 e. The van der Waals surface area contributed by atoms with Crippen molar-refractivity contribution in [2.45, 2.75) is 38.6 Å². The van der Waals surface area contributed by atoms with Crippen LogP contribution in [0.5, 0.6) is 0 Å². The second-order valence-corrected chi connectivity index (χ2v) is 7.32. The molecule has 1 aliphatic heterocycles. The third-order valence-electron chi connectivity index (χ3n) is 4.46. The van der Waals surface area contributed by atoms with E-state index in [-0.39, 0.29) is 11.3 Å². The molecular formula is C18H18ClN3O. The first-order valence-electron chi connectivity index (χ1n) is 7.83. The minimum absolute atomic E-state index is 0.232. The molecule has 0 saturated heterocycles. The number of aromatic amines is 1. The van der Waals surface area contributed by atoms with Crippen molar-refractivity contribution < 1.29 is 4.79 Å². The standard InChI is InChI=1S/C18H18ClN3O/c1-18(2)9-14(23)12-7-8-13-16(15(12)22-18)21-17(20-13)10-3-5-11(19)6-4-10/h3-6,22H,7-9H2,1-2H3,(H,20,21). The number of rotatable bonds is 1. The van der Waals surface area contributed by atoms with Gasteiger partial charge in [-0.05, 0) is 51.0 Å². The monoisotopic (exact) mass is 327 g/mol. The molecule has 1 aromatic heterocycles. The van der Waals surface area contributed by atoms with Crippen LogP contribution >= 0.6 is 11.6 Å². The van der Waals surface area contributed by atoms with Crippen LogP contribution in [0.1, 0.15) is 38.1 Å². The topological polar surface area (TPSA) is 57.8 Å². The number of ketones is 1. The molecule has 2 heterocycles. The number of nitrogens with zero attached hydrogens (tertiary/aromatic N) is 1. The molecule has 4 rings (SSSR count). The SMILES string of the molecule is CC1(C)CC(=O)C2=C(N1)c1nc(-c3ccc(Cl)cc3)[nH]c1CC2. The number of allylic oxidation sites excluding steroid dienone is 1. The molecule has 0 bridgehead atoms. The van der Waals surface area contributed by atoms with Gasteiger partial charge in [-0.3, -0.25) is 4.79 Å². The van der Waals surface area contributed by atoms with Crippen LogP contribution in [0.4, 0.5) is 0 Å². The fourth-order valence-corrected chi connectivity index (χ4v) is 3.49. The van der Waals surface area contributed by atoms with Crippen molar-refractivity contribution in [1.82, 2.24) is 15.3 Å².